The van der Waals surface area contributed by atoms with Crippen LogP contribution in [0, 0.1) is 5.92 Å². The first-order valence-corrected chi connectivity index (χ1v) is 8.71. The molecule has 1 N–H and O–H groups in total. The number of rotatable bonds is 8. The molecule has 0 spiro atoms. The molecule has 0 amide bonds. The normalized spacial score (nSPS) is 23.4. The summed E-state index contributed by atoms with van der Waals surface area (Å²) < 4.78 is 5.91. The quantitative estimate of drug-likeness (QED) is 0.781. The van der Waals surface area contributed by atoms with Gasteiger partial charge in [-0.2, -0.15) is 0 Å². The minimum absolute atomic E-state index is 0.439. The first-order chi connectivity index (χ1) is 10.3. The average Bonchev–Trinajstić information content (AvgIpc) is 3.00. The van der Waals surface area contributed by atoms with Crippen molar-refractivity contribution in [2.24, 2.45) is 5.92 Å². The van der Waals surface area contributed by atoms with Crippen molar-refractivity contribution >= 4 is 0 Å². The third kappa shape index (κ3) is 4.55. The monoisotopic (exact) mass is 289 g/mol. The zero-order chi connectivity index (χ0) is 15.1. The first-order valence-electron chi connectivity index (χ1n) is 8.71. The second-order valence-corrected chi connectivity index (χ2v) is 6.20. The average molecular weight is 289 g/mol. The summed E-state index contributed by atoms with van der Waals surface area (Å²) >= 11 is 0. The van der Waals surface area contributed by atoms with Crippen molar-refractivity contribution in [1.82, 2.24) is 5.32 Å². The molecule has 0 aromatic heterocycles. The fourth-order valence-electron chi connectivity index (χ4n) is 3.42. The Hall–Kier alpha value is -0.860. The Morgan fingerprint density at radius 1 is 1.14 bits per heavy atom. The summed E-state index contributed by atoms with van der Waals surface area (Å²) in [4.78, 5) is 0. The van der Waals surface area contributed by atoms with Crippen LogP contribution in [0.1, 0.15) is 51.2 Å². The van der Waals surface area contributed by atoms with Crippen LogP contribution in [0.3, 0.4) is 0 Å². The van der Waals surface area contributed by atoms with E-state index >= 15 is 0 Å². The van der Waals surface area contributed by atoms with E-state index in [4.69, 9.17) is 4.74 Å². The minimum Gasteiger partial charge on any atom is -0.378 e. The lowest BCUT2D eigenvalue weighted by molar-refractivity contribution is 0.0775. The number of benzene rings is 1. The molecule has 1 aromatic rings. The lowest BCUT2D eigenvalue weighted by atomic mass is 9.87. The topological polar surface area (TPSA) is 21.3 Å². The van der Waals surface area contributed by atoms with E-state index in [-0.39, 0.29) is 0 Å². The van der Waals surface area contributed by atoms with Gasteiger partial charge in [-0.3, -0.25) is 0 Å². The predicted octanol–water partition coefficient (Wildman–Crippen LogP) is 3.97. The number of aryl methyl sites for hydroxylation is 1. The molecular formula is C19H31NO. The molecule has 1 saturated heterocycles. The van der Waals surface area contributed by atoms with E-state index in [0.717, 1.165) is 32.4 Å². The van der Waals surface area contributed by atoms with Gasteiger partial charge in [0, 0.05) is 18.6 Å². The molecule has 0 bridgehead atoms. The highest BCUT2D eigenvalue weighted by molar-refractivity contribution is 5.23. The molecular weight excluding hydrogens is 258 g/mol. The number of ether oxygens (including phenoxy) is 1. The maximum Gasteiger partial charge on any atom is 0.0616 e. The molecule has 21 heavy (non-hydrogen) atoms. The van der Waals surface area contributed by atoms with Crippen LogP contribution in [-0.2, 0) is 17.6 Å². The molecule has 118 valence electrons. The fraction of sp³-hybridized carbons (Fsp3) is 0.684. The second kappa shape index (κ2) is 8.55. The van der Waals surface area contributed by atoms with Crippen molar-refractivity contribution in [3.8, 4) is 0 Å². The van der Waals surface area contributed by atoms with Crippen LogP contribution in [0.25, 0.3) is 0 Å². The zero-order valence-electron chi connectivity index (χ0n) is 13.9. The highest BCUT2D eigenvalue weighted by Crippen LogP contribution is 2.28. The van der Waals surface area contributed by atoms with E-state index in [1.54, 1.807) is 0 Å². The first kappa shape index (κ1) is 16.5. The van der Waals surface area contributed by atoms with Crippen molar-refractivity contribution in [1.29, 1.82) is 0 Å². The van der Waals surface area contributed by atoms with Gasteiger partial charge in [0.1, 0.15) is 0 Å². The van der Waals surface area contributed by atoms with Crippen LogP contribution >= 0.6 is 0 Å². The van der Waals surface area contributed by atoms with Crippen LogP contribution in [0.4, 0.5) is 0 Å². The van der Waals surface area contributed by atoms with E-state index in [2.05, 4.69) is 50.4 Å². The molecule has 1 heterocycles. The summed E-state index contributed by atoms with van der Waals surface area (Å²) in [6.45, 7) is 8.73. The van der Waals surface area contributed by atoms with Gasteiger partial charge in [0.2, 0.25) is 0 Å². The van der Waals surface area contributed by atoms with Crippen LogP contribution in [0.15, 0.2) is 24.3 Å². The van der Waals surface area contributed by atoms with Crippen molar-refractivity contribution in [2.75, 3.05) is 13.2 Å². The maximum atomic E-state index is 5.91. The second-order valence-electron chi connectivity index (χ2n) is 6.20. The molecule has 1 fully saturated rings. The number of hydrogen-bond donors (Lipinski definition) is 1. The van der Waals surface area contributed by atoms with Gasteiger partial charge in [-0.1, -0.05) is 45.0 Å². The van der Waals surface area contributed by atoms with Crippen LogP contribution in [-0.4, -0.2) is 25.3 Å². The van der Waals surface area contributed by atoms with Gasteiger partial charge < -0.3 is 10.1 Å². The molecule has 2 heteroatoms. The number of nitrogens with one attached hydrogen (secondary N) is 1. The molecule has 3 unspecified atom stereocenters. The SMILES string of the molecule is CCCNC(Cc1ccc(CC)cc1)C1CCOC1CC. The predicted molar refractivity (Wildman–Crippen MR) is 89.7 cm³/mol. The van der Waals surface area contributed by atoms with E-state index in [1.165, 1.54) is 24.0 Å². The molecule has 2 rings (SSSR count). The van der Waals surface area contributed by atoms with Crippen molar-refractivity contribution in [3.05, 3.63) is 35.4 Å². The highest BCUT2D eigenvalue weighted by Gasteiger charge is 2.33. The summed E-state index contributed by atoms with van der Waals surface area (Å²) in [5.41, 5.74) is 2.87. The van der Waals surface area contributed by atoms with E-state index < -0.39 is 0 Å². The smallest absolute Gasteiger partial charge is 0.0616 e. The van der Waals surface area contributed by atoms with Gasteiger partial charge in [0.15, 0.2) is 0 Å². The van der Waals surface area contributed by atoms with Crippen molar-refractivity contribution in [2.45, 2.75) is 65.0 Å². The van der Waals surface area contributed by atoms with Crippen molar-refractivity contribution in [3.63, 3.8) is 0 Å². The molecule has 0 radical (unpaired) electrons. The molecule has 1 aliphatic rings. The van der Waals surface area contributed by atoms with E-state index in [9.17, 15) is 0 Å². The summed E-state index contributed by atoms with van der Waals surface area (Å²) in [5.74, 6) is 0.660. The molecule has 0 aliphatic carbocycles. The van der Waals surface area contributed by atoms with Crippen LogP contribution < -0.4 is 5.32 Å². The highest BCUT2D eigenvalue weighted by atomic mass is 16.5. The van der Waals surface area contributed by atoms with Gasteiger partial charge in [0.25, 0.3) is 0 Å². The molecule has 3 atom stereocenters. The summed E-state index contributed by atoms with van der Waals surface area (Å²) in [7, 11) is 0. The minimum atomic E-state index is 0.439. The van der Waals surface area contributed by atoms with Gasteiger partial charge in [0.05, 0.1) is 6.10 Å². The van der Waals surface area contributed by atoms with E-state index in [0.29, 0.717) is 18.1 Å². The van der Waals surface area contributed by atoms with Crippen LogP contribution in [0.2, 0.25) is 0 Å². The standard InChI is InChI=1S/C19H31NO/c1-4-12-20-18(17-11-13-21-19(17)6-3)14-16-9-7-15(5-2)8-10-16/h7-10,17-20H,4-6,11-14H2,1-3H3. The molecule has 2 nitrogen and oxygen atoms in total. The van der Waals surface area contributed by atoms with E-state index in [1.807, 2.05) is 0 Å². The van der Waals surface area contributed by atoms with Gasteiger partial charge >= 0.3 is 0 Å². The fourth-order valence-corrected chi connectivity index (χ4v) is 3.42. The Morgan fingerprint density at radius 3 is 2.48 bits per heavy atom. The third-order valence-electron chi connectivity index (χ3n) is 4.72. The van der Waals surface area contributed by atoms with Gasteiger partial charge in [-0.25, -0.2) is 0 Å². The third-order valence-corrected chi connectivity index (χ3v) is 4.72. The van der Waals surface area contributed by atoms with Gasteiger partial charge in [-0.15, -0.1) is 0 Å². The zero-order valence-corrected chi connectivity index (χ0v) is 13.9. The molecule has 1 aromatic carbocycles. The Kier molecular flexibility index (Phi) is 6.72. The maximum absolute atomic E-state index is 5.91. The summed E-state index contributed by atoms with van der Waals surface area (Å²) in [6.07, 6.45) is 6.20. The van der Waals surface area contributed by atoms with Gasteiger partial charge in [-0.05, 0) is 49.8 Å². The van der Waals surface area contributed by atoms with Crippen LogP contribution in [0.5, 0.6) is 0 Å². The Morgan fingerprint density at radius 2 is 1.86 bits per heavy atom. The lowest BCUT2D eigenvalue weighted by Gasteiger charge is -2.28. The molecule has 1 aliphatic heterocycles. The summed E-state index contributed by atoms with van der Waals surface area (Å²) in [6, 6.07) is 9.69. The van der Waals surface area contributed by atoms with Crippen molar-refractivity contribution < 1.29 is 4.74 Å². The summed E-state index contributed by atoms with van der Waals surface area (Å²) in [5, 5.41) is 3.77. The Labute approximate surface area is 130 Å². The largest absolute Gasteiger partial charge is 0.378 e. The number of hydrogen-bond acceptors (Lipinski definition) is 2. The lowest BCUT2D eigenvalue weighted by Crippen LogP contribution is -2.41. The Bertz CT molecular complexity index is 401. The Balaban J connectivity index is 2.04. The molecule has 0 saturated carbocycles.